The average Bonchev–Trinajstić information content (AvgIpc) is 2.34. The third kappa shape index (κ3) is 2.78. The van der Waals surface area contributed by atoms with E-state index in [1.807, 2.05) is 31.2 Å². The van der Waals surface area contributed by atoms with E-state index >= 15 is 0 Å². The van der Waals surface area contributed by atoms with Crippen LogP contribution in [0.5, 0.6) is 0 Å². The summed E-state index contributed by atoms with van der Waals surface area (Å²) in [5.74, 6) is -1.05. The first-order valence-corrected chi connectivity index (χ1v) is 6.68. The van der Waals surface area contributed by atoms with E-state index in [4.69, 9.17) is 0 Å². The number of hydrogen-bond donors (Lipinski definition) is 2. The molecule has 1 aliphatic carbocycles. The van der Waals surface area contributed by atoms with Crippen molar-refractivity contribution in [1.82, 2.24) is 0 Å². The van der Waals surface area contributed by atoms with Gasteiger partial charge in [0.25, 0.3) is 0 Å². The second-order valence-corrected chi connectivity index (χ2v) is 5.17. The number of anilines is 1. The lowest BCUT2D eigenvalue weighted by Crippen LogP contribution is -2.41. The SMILES string of the molecule is CCc1ccccc1NC(=O)CC1(C(=O)O)CCC1. The number of hydrogen-bond acceptors (Lipinski definition) is 2. The zero-order chi connectivity index (χ0) is 13.9. The molecule has 2 N–H and O–H groups in total. The molecular weight excluding hydrogens is 242 g/mol. The predicted octanol–water partition coefficient (Wildman–Crippen LogP) is 2.83. The van der Waals surface area contributed by atoms with Crippen LogP contribution in [0.2, 0.25) is 0 Å². The van der Waals surface area contributed by atoms with Gasteiger partial charge < -0.3 is 10.4 Å². The Hall–Kier alpha value is -1.84. The molecule has 4 heteroatoms. The molecule has 0 radical (unpaired) electrons. The molecule has 1 amide bonds. The van der Waals surface area contributed by atoms with Crippen LogP contribution in [0.4, 0.5) is 5.69 Å². The van der Waals surface area contributed by atoms with Gasteiger partial charge in [0.05, 0.1) is 5.41 Å². The minimum Gasteiger partial charge on any atom is -0.481 e. The Morgan fingerprint density at radius 2 is 2.00 bits per heavy atom. The van der Waals surface area contributed by atoms with E-state index in [2.05, 4.69) is 5.32 Å². The molecule has 0 heterocycles. The maximum absolute atomic E-state index is 12.0. The highest BCUT2D eigenvalue weighted by Crippen LogP contribution is 2.44. The number of aryl methyl sites for hydroxylation is 1. The Bertz CT molecular complexity index is 492. The van der Waals surface area contributed by atoms with Crippen molar-refractivity contribution in [3.05, 3.63) is 29.8 Å². The van der Waals surface area contributed by atoms with Crippen molar-refractivity contribution in [1.29, 1.82) is 0 Å². The number of aliphatic carboxylic acids is 1. The summed E-state index contributed by atoms with van der Waals surface area (Å²) in [6.07, 6.45) is 3.00. The molecule has 2 rings (SSSR count). The van der Waals surface area contributed by atoms with E-state index in [0.717, 1.165) is 24.1 Å². The van der Waals surface area contributed by atoms with Gasteiger partial charge in [-0.3, -0.25) is 9.59 Å². The number of carboxylic acids is 1. The summed E-state index contributed by atoms with van der Waals surface area (Å²) in [5, 5.41) is 12.1. The maximum atomic E-state index is 12.0. The highest BCUT2D eigenvalue weighted by molar-refractivity contribution is 5.95. The molecule has 0 saturated heterocycles. The van der Waals surface area contributed by atoms with Crippen LogP contribution < -0.4 is 5.32 Å². The van der Waals surface area contributed by atoms with Crippen molar-refractivity contribution in [2.45, 2.75) is 39.0 Å². The molecule has 19 heavy (non-hydrogen) atoms. The van der Waals surface area contributed by atoms with Crippen LogP contribution in [-0.4, -0.2) is 17.0 Å². The smallest absolute Gasteiger partial charge is 0.310 e. The topological polar surface area (TPSA) is 66.4 Å². The number of rotatable bonds is 5. The molecule has 1 aromatic carbocycles. The number of carboxylic acid groups (broad SMARTS) is 1. The van der Waals surface area contributed by atoms with Gasteiger partial charge in [-0.2, -0.15) is 0 Å². The average molecular weight is 261 g/mol. The molecule has 0 atom stereocenters. The first-order valence-electron chi connectivity index (χ1n) is 6.68. The zero-order valence-electron chi connectivity index (χ0n) is 11.1. The van der Waals surface area contributed by atoms with Crippen LogP contribution in [0, 0.1) is 5.41 Å². The van der Waals surface area contributed by atoms with E-state index in [9.17, 15) is 14.7 Å². The molecule has 1 aromatic rings. The molecule has 1 saturated carbocycles. The van der Waals surface area contributed by atoms with Crippen LogP contribution in [0.3, 0.4) is 0 Å². The lowest BCUT2D eigenvalue weighted by Gasteiger charge is -2.36. The summed E-state index contributed by atoms with van der Waals surface area (Å²) < 4.78 is 0. The summed E-state index contributed by atoms with van der Waals surface area (Å²) >= 11 is 0. The molecule has 4 nitrogen and oxygen atoms in total. The van der Waals surface area contributed by atoms with Crippen molar-refractivity contribution in [2.24, 2.45) is 5.41 Å². The zero-order valence-corrected chi connectivity index (χ0v) is 11.1. The van der Waals surface area contributed by atoms with E-state index in [0.29, 0.717) is 12.8 Å². The highest BCUT2D eigenvalue weighted by Gasteiger charge is 2.45. The van der Waals surface area contributed by atoms with Crippen LogP contribution in [0.15, 0.2) is 24.3 Å². The van der Waals surface area contributed by atoms with E-state index in [1.165, 1.54) is 0 Å². The first-order chi connectivity index (χ1) is 9.07. The van der Waals surface area contributed by atoms with Gasteiger partial charge in [-0.25, -0.2) is 0 Å². The maximum Gasteiger partial charge on any atom is 0.310 e. The van der Waals surface area contributed by atoms with E-state index in [1.54, 1.807) is 0 Å². The second kappa shape index (κ2) is 5.43. The number of carbonyl (C=O) groups is 2. The van der Waals surface area contributed by atoms with Crippen molar-refractivity contribution in [3.8, 4) is 0 Å². The fourth-order valence-electron chi connectivity index (χ4n) is 2.52. The molecule has 1 fully saturated rings. The molecule has 0 unspecified atom stereocenters. The summed E-state index contributed by atoms with van der Waals surface area (Å²) in [7, 11) is 0. The molecular formula is C15H19NO3. The van der Waals surface area contributed by atoms with E-state index in [-0.39, 0.29) is 12.3 Å². The minimum atomic E-state index is -0.849. The predicted molar refractivity (Wildman–Crippen MR) is 73.0 cm³/mol. The number of benzene rings is 1. The summed E-state index contributed by atoms with van der Waals surface area (Å²) in [5.41, 5.74) is 1.02. The summed E-state index contributed by atoms with van der Waals surface area (Å²) in [6.45, 7) is 2.02. The first kappa shape index (κ1) is 13.6. The Kier molecular flexibility index (Phi) is 3.88. The summed E-state index contributed by atoms with van der Waals surface area (Å²) in [4.78, 5) is 23.3. The third-order valence-corrected chi connectivity index (χ3v) is 3.94. The largest absolute Gasteiger partial charge is 0.481 e. The molecule has 0 aliphatic heterocycles. The van der Waals surface area contributed by atoms with Gasteiger partial charge in [-0.15, -0.1) is 0 Å². The Morgan fingerprint density at radius 1 is 1.32 bits per heavy atom. The molecule has 0 aromatic heterocycles. The number of nitrogens with one attached hydrogen (secondary N) is 1. The van der Waals surface area contributed by atoms with Gasteiger partial charge >= 0.3 is 5.97 Å². The Balaban J connectivity index is 2.03. The third-order valence-electron chi connectivity index (χ3n) is 3.94. The lowest BCUT2D eigenvalue weighted by atomic mass is 9.66. The molecule has 0 spiro atoms. The van der Waals surface area contributed by atoms with Gasteiger partial charge in [0.2, 0.25) is 5.91 Å². The van der Waals surface area contributed by atoms with Crippen molar-refractivity contribution >= 4 is 17.6 Å². The number of carbonyl (C=O) groups excluding carboxylic acids is 1. The van der Waals surface area contributed by atoms with Crippen LogP contribution in [0.1, 0.15) is 38.2 Å². The molecule has 102 valence electrons. The molecule has 1 aliphatic rings. The Morgan fingerprint density at radius 3 is 2.53 bits per heavy atom. The van der Waals surface area contributed by atoms with Gasteiger partial charge in [-0.05, 0) is 30.9 Å². The van der Waals surface area contributed by atoms with Crippen LogP contribution in [-0.2, 0) is 16.0 Å². The quantitative estimate of drug-likeness (QED) is 0.856. The lowest BCUT2D eigenvalue weighted by molar-refractivity contribution is -0.157. The van der Waals surface area contributed by atoms with Gasteiger partial charge in [0.15, 0.2) is 0 Å². The van der Waals surface area contributed by atoms with Crippen molar-refractivity contribution in [2.75, 3.05) is 5.32 Å². The fraction of sp³-hybridized carbons (Fsp3) is 0.467. The standard InChI is InChI=1S/C15H19NO3/c1-2-11-6-3-4-7-12(11)16-13(17)10-15(14(18)19)8-5-9-15/h3-4,6-7H,2,5,8-10H2,1H3,(H,16,17)(H,18,19). The fourth-order valence-corrected chi connectivity index (χ4v) is 2.52. The van der Waals surface area contributed by atoms with Gasteiger partial charge in [0, 0.05) is 12.1 Å². The van der Waals surface area contributed by atoms with Gasteiger partial charge in [-0.1, -0.05) is 31.5 Å². The Labute approximate surface area is 112 Å². The normalized spacial score (nSPS) is 16.5. The minimum absolute atomic E-state index is 0.0698. The molecule has 0 bridgehead atoms. The number of para-hydroxylation sites is 1. The van der Waals surface area contributed by atoms with Crippen LogP contribution >= 0.6 is 0 Å². The van der Waals surface area contributed by atoms with Crippen molar-refractivity contribution < 1.29 is 14.7 Å². The van der Waals surface area contributed by atoms with Gasteiger partial charge in [0.1, 0.15) is 0 Å². The number of amides is 1. The summed E-state index contributed by atoms with van der Waals surface area (Å²) in [6, 6.07) is 7.61. The second-order valence-electron chi connectivity index (χ2n) is 5.17. The highest BCUT2D eigenvalue weighted by atomic mass is 16.4. The van der Waals surface area contributed by atoms with Crippen molar-refractivity contribution in [3.63, 3.8) is 0 Å². The van der Waals surface area contributed by atoms with E-state index < -0.39 is 11.4 Å². The van der Waals surface area contributed by atoms with Crippen LogP contribution in [0.25, 0.3) is 0 Å². The monoisotopic (exact) mass is 261 g/mol.